The summed E-state index contributed by atoms with van der Waals surface area (Å²) in [4.78, 5) is 11.9. The van der Waals surface area contributed by atoms with Crippen molar-refractivity contribution in [2.75, 3.05) is 18.2 Å². The van der Waals surface area contributed by atoms with Crippen LogP contribution >= 0.6 is 0 Å². The summed E-state index contributed by atoms with van der Waals surface area (Å²) in [6.07, 6.45) is 2.34. The number of nitrogens with one attached hydrogen (secondary N) is 1. The van der Waals surface area contributed by atoms with Crippen LogP contribution in [0.15, 0.2) is 53.6 Å². The molecular formula is C14H14N2O5S. The van der Waals surface area contributed by atoms with Gasteiger partial charge in [0.1, 0.15) is 0 Å². The van der Waals surface area contributed by atoms with E-state index in [1.165, 1.54) is 36.5 Å². The fourth-order valence-electron chi connectivity index (χ4n) is 1.67. The van der Waals surface area contributed by atoms with Crippen LogP contribution < -0.4 is 14.8 Å². The average Bonchev–Trinajstić information content (AvgIpc) is 2.46. The van der Waals surface area contributed by atoms with E-state index in [9.17, 15) is 18.4 Å². The van der Waals surface area contributed by atoms with E-state index in [-0.39, 0.29) is 17.4 Å². The van der Waals surface area contributed by atoms with E-state index in [2.05, 4.69) is 5.32 Å². The third-order valence-corrected chi connectivity index (χ3v) is 3.80. The number of hydrogen-bond acceptors (Lipinski definition) is 5. The van der Waals surface area contributed by atoms with E-state index in [4.69, 9.17) is 4.74 Å². The molecule has 0 aliphatic rings. The van der Waals surface area contributed by atoms with Gasteiger partial charge < -0.3 is 15.3 Å². The molecule has 2 rings (SSSR count). The van der Waals surface area contributed by atoms with Crippen molar-refractivity contribution in [2.24, 2.45) is 0 Å². The minimum absolute atomic E-state index is 0.00235. The summed E-state index contributed by atoms with van der Waals surface area (Å²) in [5.41, 5.74) is 0.333. The second-order valence-electron chi connectivity index (χ2n) is 4.50. The Hall–Kier alpha value is -2.61. The summed E-state index contributed by atoms with van der Waals surface area (Å²) in [7, 11) is -3.35. The van der Waals surface area contributed by atoms with Crippen molar-refractivity contribution in [3.05, 3.63) is 53.9 Å². The highest BCUT2D eigenvalue weighted by atomic mass is 32.2. The molecule has 116 valence electrons. The van der Waals surface area contributed by atoms with Crippen LogP contribution in [0.25, 0.3) is 0 Å². The van der Waals surface area contributed by atoms with Gasteiger partial charge >= 0.3 is 5.88 Å². The second-order valence-corrected chi connectivity index (χ2v) is 6.52. The predicted molar refractivity (Wildman–Crippen MR) is 79.1 cm³/mol. The number of sulfone groups is 1. The van der Waals surface area contributed by atoms with Gasteiger partial charge in [0, 0.05) is 18.0 Å². The fourth-order valence-corrected chi connectivity index (χ4v) is 2.33. The second kappa shape index (κ2) is 6.44. The Bertz CT molecular complexity index is 789. The molecule has 1 N–H and O–H groups in total. The number of nitrogens with zero attached hydrogens (tertiary/aromatic N) is 1. The maximum Gasteiger partial charge on any atom is 0.379 e. The molecule has 0 saturated carbocycles. The van der Waals surface area contributed by atoms with E-state index < -0.39 is 15.7 Å². The minimum atomic E-state index is -3.35. The van der Waals surface area contributed by atoms with Crippen molar-refractivity contribution in [3.8, 4) is 5.88 Å². The SMILES string of the molecule is CS(=O)(=O)c1cccc(NC(=O)COc2cccc[n+]2[O-])c1. The van der Waals surface area contributed by atoms with Gasteiger partial charge in [-0.15, -0.1) is 4.73 Å². The van der Waals surface area contributed by atoms with Crippen LogP contribution in [-0.4, -0.2) is 27.2 Å². The van der Waals surface area contributed by atoms with Crippen molar-refractivity contribution in [1.82, 2.24) is 0 Å². The van der Waals surface area contributed by atoms with Crippen molar-refractivity contribution < 1.29 is 22.7 Å². The Balaban J connectivity index is 2.00. The van der Waals surface area contributed by atoms with Crippen LogP contribution in [-0.2, 0) is 14.6 Å². The first-order valence-corrected chi connectivity index (χ1v) is 8.16. The Morgan fingerprint density at radius 2 is 2.05 bits per heavy atom. The number of benzene rings is 1. The van der Waals surface area contributed by atoms with E-state index in [0.717, 1.165) is 6.26 Å². The Morgan fingerprint density at radius 1 is 1.27 bits per heavy atom. The molecule has 1 amide bonds. The van der Waals surface area contributed by atoms with Crippen LogP contribution in [0, 0.1) is 5.21 Å². The molecule has 22 heavy (non-hydrogen) atoms. The van der Waals surface area contributed by atoms with Gasteiger partial charge in [-0.05, 0) is 24.3 Å². The van der Waals surface area contributed by atoms with Crippen LogP contribution in [0.5, 0.6) is 5.88 Å². The molecule has 0 bridgehead atoms. The molecule has 2 aromatic rings. The number of amides is 1. The Morgan fingerprint density at radius 3 is 2.73 bits per heavy atom. The van der Waals surface area contributed by atoms with E-state index in [1.54, 1.807) is 12.1 Å². The third-order valence-electron chi connectivity index (χ3n) is 2.69. The largest absolute Gasteiger partial charge is 0.616 e. The van der Waals surface area contributed by atoms with Gasteiger partial charge in [-0.25, -0.2) is 8.42 Å². The van der Waals surface area contributed by atoms with Gasteiger partial charge in [0.05, 0.1) is 11.0 Å². The molecule has 1 heterocycles. The minimum Gasteiger partial charge on any atom is -0.616 e. The number of rotatable bonds is 5. The third kappa shape index (κ3) is 4.19. The maximum absolute atomic E-state index is 11.8. The van der Waals surface area contributed by atoms with Crippen LogP contribution in [0.3, 0.4) is 0 Å². The van der Waals surface area contributed by atoms with Crippen molar-refractivity contribution in [3.63, 3.8) is 0 Å². The number of carbonyl (C=O) groups excluding carboxylic acids is 1. The molecule has 8 heteroatoms. The molecule has 0 aliphatic carbocycles. The van der Waals surface area contributed by atoms with Crippen molar-refractivity contribution >= 4 is 21.4 Å². The van der Waals surface area contributed by atoms with Gasteiger partial charge in [-0.1, -0.05) is 6.07 Å². The lowest BCUT2D eigenvalue weighted by Gasteiger charge is -2.08. The molecule has 7 nitrogen and oxygen atoms in total. The van der Waals surface area contributed by atoms with Crippen molar-refractivity contribution in [1.29, 1.82) is 0 Å². The summed E-state index contributed by atoms with van der Waals surface area (Å²) in [6.45, 7) is -0.366. The molecule has 1 aromatic heterocycles. The smallest absolute Gasteiger partial charge is 0.379 e. The zero-order valence-corrected chi connectivity index (χ0v) is 12.5. The number of pyridine rings is 1. The fraction of sp³-hybridized carbons (Fsp3) is 0.143. The summed E-state index contributed by atoms with van der Waals surface area (Å²) >= 11 is 0. The van der Waals surface area contributed by atoms with Gasteiger partial charge in [-0.3, -0.25) is 4.79 Å². The molecule has 1 aromatic carbocycles. The van der Waals surface area contributed by atoms with Crippen LogP contribution in [0.2, 0.25) is 0 Å². The Labute approximate surface area is 127 Å². The van der Waals surface area contributed by atoms with Crippen molar-refractivity contribution in [2.45, 2.75) is 4.90 Å². The quantitative estimate of drug-likeness (QED) is 0.646. The normalized spacial score (nSPS) is 11.0. The lowest BCUT2D eigenvalue weighted by atomic mass is 10.3. The Kier molecular flexibility index (Phi) is 4.62. The maximum atomic E-state index is 11.8. The zero-order valence-electron chi connectivity index (χ0n) is 11.7. The van der Waals surface area contributed by atoms with E-state index in [0.29, 0.717) is 10.4 Å². The number of anilines is 1. The van der Waals surface area contributed by atoms with E-state index >= 15 is 0 Å². The highest BCUT2D eigenvalue weighted by Crippen LogP contribution is 2.15. The molecule has 0 unspecified atom stereocenters. The standard InChI is InChI=1S/C14H14N2O5S/c1-22(19,20)12-6-4-5-11(9-12)15-13(17)10-21-14-7-2-3-8-16(14)18/h2-9H,10H2,1H3,(H,15,17). The van der Waals surface area contributed by atoms with Gasteiger partial charge in [0.25, 0.3) is 5.91 Å². The van der Waals surface area contributed by atoms with Crippen LogP contribution in [0.4, 0.5) is 5.69 Å². The first-order chi connectivity index (χ1) is 10.4. The first-order valence-electron chi connectivity index (χ1n) is 6.27. The molecule has 0 radical (unpaired) electrons. The highest BCUT2D eigenvalue weighted by molar-refractivity contribution is 7.90. The average molecular weight is 322 g/mol. The lowest BCUT2D eigenvalue weighted by molar-refractivity contribution is -0.612. The predicted octanol–water partition coefficient (Wildman–Crippen LogP) is 0.741. The molecule has 0 fully saturated rings. The van der Waals surface area contributed by atoms with Gasteiger partial charge in [0.15, 0.2) is 22.6 Å². The topological polar surface area (TPSA) is 99.4 Å². The number of hydrogen-bond donors (Lipinski definition) is 1. The molecule has 0 atom stereocenters. The monoisotopic (exact) mass is 322 g/mol. The molecule has 0 saturated heterocycles. The first kappa shape index (κ1) is 15.8. The molecule has 0 aliphatic heterocycles. The summed E-state index contributed by atoms with van der Waals surface area (Å²) in [6, 6.07) is 10.5. The zero-order chi connectivity index (χ0) is 16.2. The van der Waals surface area contributed by atoms with Gasteiger partial charge in [0.2, 0.25) is 0 Å². The summed E-state index contributed by atoms with van der Waals surface area (Å²) in [5, 5.41) is 13.8. The molecular weight excluding hydrogens is 308 g/mol. The van der Waals surface area contributed by atoms with Crippen LogP contribution in [0.1, 0.15) is 0 Å². The number of aromatic nitrogens is 1. The summed E-state index contributed by atoms with van der Waals surface area (Å²) < 4.78 is 28.5. The molecule has 0 spiro atoms. The lowest BCUT2D eigenvalue weighted by Crippen LogP contribution is -2.30. The van der Waals surface area contributed by atoms with Gasteiger partial charge in [-0.2, -0.15) is 0 Å². The van der Waals surface area contributed by atoms with E-state index in [1.807, 2.05) is 0 Å². The highest BCUT2D eigenvalue weighted by Gasteiger charge is 2.11. The summed E-state index contributed by atoms with van der Waals surface area (Å²) in [5.74, 6) is -0.503. The number of ether oxygens (including phenoxy) is 1. The number of carbonyl (C=O) groups is 1.